The van der Waals surface area contributed by atoms with Crippen LogP contribution in [0.25, 0.3) is 0 Å². The Labute approximate surface area is 121 Å². The second kappa shape index (κ2) is 5.53. The molecule has 3 rings (SSSR count). The van der Waals surface area contributed by atoms with Crippen LogP contribution >= 0.6 is 0 Å². The predicted molar refractivity (Wildman–Crippen MR) is 75.2 cm³/mol. The van der Waals surface area contributed by atoms with Crippen molar-refractivity contribution in [2.45, 2.75) is 25.3 Å². The molecule has 0 amide bonds. The summed E-state index contributed by atoms with van der Waals surface area (Å²) >= 11 is 0. The third-order valence-electron chi connectivity index (χ3n) is 4.32. The first-order valence-electron chi connectivity index (χ1n) is 7.03. The fourth-order valence-electron chi connectivity index (χ4n) is 3.08. The topological polar surface area (TPSA) is 26.0 Å². The summed E-state index contributed by atoms with van der Waals surface area (Å²) in [5, 5.41) is 0. The molecule has 0 heterocycles. The number of nitrogens with two attached hydrogens (primary N) is 1. The minimum atomic E-state index is -1.45. The minimum absolute atomic E-state index is 0.0271. The van der Waals surface area contributed by atoms with Gasteiger partial charge in [-0.2, -0.15) is 0 Å². The molecule has 110 valence electrons. The van der Waals surface area contributed by atoms with E-state index in [1.807, 2.05) is 18.2 Å². The van der Waals surface area contributed by atoms with E-state index in [0.717, 1.165) is 25.3 Å². The van der Waals surface area contributed by atoms with Gasteiger partial charge in [0.15, 0.2) is 17.5 Å². The van der Waals surface area contributed by atoms with Crippen molar-refractivity contribution in [2.75, 3.05) is 0 Å². The average molecular weight is 291 g/mol. The van der Waals surface area contributed by atoms with Gasteiger partial charge in [-0.25, -0.2) is 13.2 Å². The van der Waals surface area contributed by atoms with E-state index in [0.29, 0.717) is 0 Å². The summed E-state index contributed by atoms with van der Waals surface area (Å²) in [5.41, 5.74) is 8.66. The lowest BCUT2D eigenvalue weighted by atomic mass is 9.78. The van der Waals surface area contributed by atoms with Gasteiger partial charge in [-0.3, -0.25) is 0 Å². The molecule has 0 radical (unpaired) electrons. The van der Waals surface area contributed by atoms with Crippen LogP contribution in [-0.2, 0) is 12.8 Å². The Bertz CT molecular complexity index is 669. The normalized spacial score (nSPS) is 19.1. The molecule has 2 atom stereocenters. The van der Waals surface area contributed by atoms with Crippen LogP contribution in [0.1, 0.15) is 29.2 Å². The van der Waals surface area contributed by atoms with Gasteiger partial charge >= 0.3 is 0 Å². The summed E-state index contributed by atoms with van der Waals surface area (Å²) in [7, 11) is 0. The van der Waals surface area contributed by atoms with Crippen molar-refractivity contribution in [3.8, 4) is 0 Å². The van der Waals surface area contributed by atoms with Crippen LogP contribution in [0.4, 0.5) is 13.2 Å². The molecule has 1 nitrogen and oxygen atoms in total. The molecule has 0 aliphatic heterocycles. The maximum Gasteiger partial charge on any atom is 0.194 e. The zero-order valence-electron chi connectivity index (χ0n) is 11.5. The van der Waals surface area contributed by atoms with Crippen LogP contribution < -0.4 is 5.73 Å². The Morgan fingerprint density at radius 3 is 2.43 bits per heavy atom. The number of hydrogen-bond donors (Lipinski definition) is 1. The zero-order valence-corrected chi connectivity index (χ0v) is 11.5. The van der Waals surface area contributed by atoms with Crippen molar-refractivity contribution in [3.63, 3.8) is 0 Å². The van der Waals surface area contributed by atoms with Crippen LogP contribution in [0.5, 0.6) is 0 Å². The van der Waals surface area contributed by atoms with Crippen molar-refractivity contribution in [1.82, 2.24) is 0 Å². The Kier molecular flexibility index (Phi) is 3.72. The van der Waals surface area contributed by atoms with Crippen molar-refractivity contribution in [2.24, 2.45) is 11.7 Å². The third kappa shape index (κ3) is 2.56. The Hall–Kier alpha value is -1.81. The number of benzene rings is 2. The molecule has 0 saturated heterocycles. The summed E-state index contributed by atoms with van der Waals surface area (Å²) in [4.78, 5) is 0. The molecule has 2 N–H and O–H groups in total. The molecule has 0 bridgehead atoms. The molecule has 1 aliphatic carbocycles. The molecule has 0 fully saturated rings. The fraction of sp³-hybridized carbons (Fsp3) is 0.294. The summed E-state index contributed by atoms with van der Waals surface area (Å²) in [6, 6.07) is 9.63. The Morgan fingerprint density at radius 2 is 1.67 bits per heavy atom. The van der Waals surface area contributed by atoms with Gasteiger partial charge in [0.25, 0.3) is 0 Å². The van der Waals surface area contributed by atoms with E-state index in [2.05, 4.69) is 6.07 Å². The van der Waals surface area contributed by atoms with E-state index in [-0.39, 0.29) is 11.5 Å². The quantitative estimate of drug-likeness (QED) is 0.834. The maximum atomic E-state index is 13.9. The average Bonchev–Trinajstić information content (AvgIpc) is 2.52. The molecule has 0 spiro atoms. The fourth-order valence-corrected chi connectivity index (χ4v) is 3.08. The van der Waals surface area contributed by atoms with Crippen LogP contribution in [-0.4, -0.2) is 0 Å². The zero-order chi connectivity index (χ0) is 15.0. The largest absolute Gasteiger partial charge is 0.324 e. The van der Waals surface area contributed by atoms with Crippen LogP contribution in [0.15, 0.2) is 36.4 Å². The summed E-state index contributed by atoms with van der Waals surface area (Å²) < 4.78 is 40.2. The molecule has 4 heteroatoms. The molecule has 0 saturated carbocycles. The van der Waals surface area contributed by atoms with Gasteiger partial charge in [-0.05, 0) is 42.4 Å². The monoisotopic (exact) mass is 291 g/mol. The SMILES string of the molecule is NC(c1ccc(F)c(F)c1F)C1CCc2ccccc2C1. The lowest BCUT2D eigenvalue weighted by Crippen LogP contribution is -2.28. The number of rotatable bonds is 2. The van der Waals surface area contributed by atoms with Crippen LogP contribution in [0.3, 0.4) is 0 Å². The van der Waals surface area contributed by atoms with Crippen LogP contribution in [0, 0.1) is 23.4 Å². The molecule has 1 aliphatic rings. The van der Waals surface area contributed by atoms with Gasteiger partial charge < -0.3 is 5.73 Å². The van der Waals surface area contributed by atoms with Crippen molar-refractivity contribution >= 4 is 0 Å². The first kappa shape index (κ1) is 14.1. The third-order valence-corrected chi connectivity index (χ3v) is 4.32. The summed E-state index contributed by atoms with van der Waals surface area (Å²) in [6.45, 7) is 0. The number of hydrogen-bond acceptors (Lipinski definition) is 1. The number of fused-ring (bicyclic) bond motifs is 1. The Balaban J connectivity index is 1.87. The van der Waals surface area contributed by atoms with E-state index in [9.17, 15) is 13.2 Å². The van der Waals surface area contributed by atoms with Gasteiger partial charge in [0.05, 0.1) is 0 Å². The van der Waals surface area contributed by atoms with E-state index in [1.165, 1.54) is 17.2 Å². The van der Waals surface area contributed by atoms with Gasteiger partial charge in [0, 0.05) is 11.6 Å². The molecular weight excluding hydrogens is 275 g/mol. The van der Waals surface area contributed by atoms with E-state index < -0.39 is 23.5 Å². The molecule has 2 unspecified atom stereocenters. The van der Waals surface area contributed by atoms with Crippen molar-refractivity contribution in [1.29, 1.82) is 0 Å². The first-order chi connectivity index (χ1) is 10.1. The van der Waals surface area contributed by atoms with E-state index in [1.54, 1.807) is 0 Å². The summed E-state index contributed by atoms with van der Waals surface area (Å²) in [5.74, 6) is -3.77. The second-order valence-electron chi connectivity index (χ2n) is 5.56. The molecular formula is C17H16F3N. The molecule has 21 heavy (non-hydrogen) atoms. The van der Waals surface area contributed by atoms with Crippen molar-refractivity contribution in [3.05, 3.63) is 70.5 Å². The van der Waals surface area contributed by atoms with Crippen molar-refractivity contribution < 1.29 is 13.2 Å². The van der Waals surface area contributed by atoms with Gasteiger partial charge in [-0.15, -0.1) is 0 Å². The van der Waals surface area contributed by atoms with Gasteiger partial charge in [-0.1, -0.05) is 30.3 Å². The van der Waals surface area contributed by atoms with E-state index >= 15 is 0 Å². The molecule has 0 aromatic heterocycles. The summed E-state index contributed by atoms with van der Waals surface area (Å²) in [6.07, 6.45) is 2.42. The van der Waals surface area contributed by atoms with Gasteiger partial charge in [0.1, 0.15) is 0 Å². The highest BCUT2D eigenvalue weighted by molar-refractivity contribution is 5.31. The second-order valence-corrected chi connectivity index (χ2v) is 5.56. The number of aryl methyl sites for hydroxylation is 1. The number of halogens is 3. The first-order valence-corrected chi connectivity index (χ1v) is 7.03. The standard InChI is InChI=1S/C17H16F3N/c18-14-8-7-13(15(19)16(14)20)17(21)12-6-5-10-3-1-2-4-11(10)9-12/h1-4,7-8,12,17H,5-6,9,21H2. The lowest BCUT2D eigenvalue weighted by Gasteiger charge is -2.29. The Morgan fingerprint density at radius 1 is 0.952 bits per heavy atom. The smallest absolute Gasteiger partial charge is 0.194 e. The molecule has 2 aromatic rings. The highest BCUT2D eigenvalue weighted by Gasteiger charge is 2.28. The van der Waals surface area contributed by atoms with Crippen LogP contribution in [0.2, 0.25) is 0 Å². The van der Waals surface area contributed by atoms with Gasteiger partial charge in [0.2, 0.25) is 0 Å². The highest BCUT2D eigenvalue weighted by Crippen LogP contribution is 2.34. The van der Waals surface area contributed by atoms with E-state index in [4.69, 9.17) is 5.73 Å². The maximum absolute atomic E-state index is 13.9. The minimum Gasteiger partial charge on any atom is -0.324 e. The predicted octanol–water partition coefficient (Wildman–Crippen LogP) is 3.91. The highest BCUT2D eigenvalue weighted by atomic mass is 19.2. The lowest BCUT2D eigenvalue weighted by molar-refractivity contribution is 0.362. The molecule has 2 aromatic carbocycles.